The Balaban J connectivity index is 1.26. The number of carbonyl (C=O) groups excluding carboxylic acids is 1. The molecule has 0 fully saturated rings. The molecule has 4 rings (SSSR count). The van der Waals surface area contributed by atoms with Crippen LogP contribution in [0.1, 0.15) is 31.4 Å². The van der Waals surface area contributed by atoms with Crippen LogP contribution in [0.5, 0.6) is 5.75 Å². The number of nitrogens with one attached hydrogen (secondary N) is 1. The Kier molecular flexibility index (Phi) is 5.80. The molecule has 0 bridgehead atoms. The third kappa shape index (κ3) is 4.69. The maximum Gasteiger partial charge on any atom is 0.336 e. The molecule has 0 aliphatic rings. The summed E-state index contributed by atoms with van der Waals surface area (Å²) < 4.78 is 10.9. The first-order valence-corrected chi connectivity index (χ1v) is 10.0. The van der Waals surface area contributed by atoms with Gasteiger partial charge in [-0.3, -0.25) is 4.79 Å². The van der Waals surface area contributed by atoms with Crippen molar-refractivity contribution < 1.29 is 13.9 Å². The van der Waals surface area contributed by atoms with Gasteiger partial charge in [-0.15, -0.1) is 0 Å². The van der Waals surface area contributed by atoms with E-state index in [-0.39, 0.29) is 11.9 Å². The molecule has 1 amide bonds. The maximum atomic E-state index is 12.3. The van der Waals surface area contributed by atoms with Gasteiger partial charge in [0.2, 0.25) is 5.91 Å². The highest BCUT2D eigenvalue weighted by molar-refractivity contribution is 5.83. The lowest BCUT2D eigenvalue weighted by molar-refractivity contribution is -0.121. The van der Waals surface area contributed by atoms with Crippen molar-refractivity contribution in [3.05, 3.63) is 88.8 Å². The number of hydrogen-bond donors (Lipinski definition) is 1. The lowest BCUT2D eigenvalue weighted by atomic mass is 10.0. The molecule has 0 aliphatic carbocycles. The predicted molar refractivity (Wildman–Crippen MR) is 118 cm³/mol. The Morgan fingerprint density at radius 2 is 1.73 bits per heavy atom. The van der Waals surface area contributed by atoms with E-state index in [2.05, 4.69) is 35.6 Å². The molecule has 30 heavy (non-hydrogen) atoms. The summed E-state index contributed by atoms with van der Waals surface area (Å²) in [6.07, 6.45) is 0.966. The average molecular weight is 401 g/mol. The van der Waals surface area contributed by atoms with Gasteiger partial charge in [-0.05, 0) is 53.9 Å². The minimum atomic E-state index is -0.392. The summed E-state index contributed by atoms with van der Waals surface area (Å²) in [6, 6.07) is 22.8. The molecular formula is C25H23NO4. The molecule has 152 valence electrons. The van der Waals surface area contributed by atoms with E-state index in [4.69, 9.17) is 9.15 Å². The van der Waals surface area contributed by atoms with Crippen LogP contribution in [0.25, 0.3) is 21.7 Å². The summed E-state index contributed by atoms with van der Waals surface area (Å²) in [6.45, 7) is 2.39. The molecule has 3 aromatic carbocycles. The number of fused-ring (bicyclic) bond motifs is 2. The topological polar surface area (TPSA) is 68.5 Å². The summed E-state index contributed by atoms with van der Waals surface area (Å²) in [5, 5.41) is 6.23. The van der Waals surface area contributed by atoms with E-state index in [1.54, 1.807) is 12.1 Å². The number of carbonyl (C=O) groups is 1. The van der Waals surface area contributed by atoms with Crippen LogP contribution in [-0.4, -0.2) is 12.5 Å². The zero-order valence-electron chi connectivity index (χ0n) is 16.8. The van der Waals surface area contributed by atoms with Gasteiger partial charge in [0, 0.05) is 23.9 Å². The molecule has 0 saturated heterocycles. The molecule has 1 atom stereocenters. The van der Waals surface area contributed by atoms with Gasteiger partial charge in [-0.1, -0.05) is 36.4 Å². The van der Waals surface area contributed by atoms with E-state index in [9.17, 15) is 9.59 Å². The Morgan fingerprint density at radius 3 is 2.60 bits per heavy atom. The van der Waals surface area contributed by atoms with Crippen molar-refractivity contribution in [2.45, 2.75) is 25.8 Å². The van der Waals surface area contributed by atoms with E-state index < -0.39 is 5.63 Å². The molecule has 1 N–H and O–H groups in total. The molecule has 0 unspecified atom stereocenters. The molecule has 0 saturated carbocycles. The van der Waals surface area contributed by atoms with E-state index in [0.29, 0.717) is 30.8 Å². The van der Waals surface area contributed by atoms with Gasteiger partial charge in [-0.25, -0.2) is 4.79 Å². The van der Waals surface area contributed by atoms with Crippen molar-refractivity contribution in [1.29, 1.82) is 0 Å². The minimum absolute atomic E-state index is 0.0104. The van der Waals surface area contributed by atoms with Gasteiger partial charge in [0.25, 0.3) is 0 Å². The number of rotatable bonds is 7. The summed E-state index contributed by atoms with van der Waals surface area (Å²) in [4.78, 5) is 23.6. The largest absolute Gasteiger partial charge is 0.493 e. The van der Waals surface area contributed by atoms with Crippen LogP contribution >= 0.6 is 0 Å². The second kappa shape index (κ2) is 8.82. The van der Waals surface area contributed by atoms with Gasteiger partial charge in [-0.2, -0.15) is 0 Å². The summed E-state index contributed by atoms with van der Waals surface area (Å²) in [7, 11) is 0. The first-order chi connectivity index (χ1) is 14.6. The van der Waals surface area contributed by atoms with Crippen LogP contribution < -0.4 is 15.7 Å². The van der Waals surface area contributed by atoms with Gasteiger partial charge < -0.3 is 14.5 Å². The second-order valence-corrected chi connectivity index (χ2v) is 7.30. The standard InChI is InChI=1S/C25H23NO4/c1-17(20-9-8-18-5-2-3-6-21(18)15-20)26-24(27)7-4-14-29-22-12-10-19-11-13-25(28)30-23(19)16-22/h2-3,5-6,8-13,15-17H,4,7,14H2,1H3,(H,26,27)/t17-/m1/s1. The zero-order chi connectivity index (χ0) is 20.9. The summed E-state index contributed by atoms with van der Waals surface area (Å²) >= 11 is 0. The second-order valence-electron chi connectivity index (χ2n) is 7.30. The third-order valence-electron chi connectivity index (χ3n) is 5.06. The fraction of sp³-hybridized carbons (Fsp3) is 0.200. The SMILES string of the molecule is C[C@@H](NC(=O)CCCOc1ccc2ccc(=O)oc2c1)c1ccc2ccccc2c1. The van der Waals surface area contributed by atoms with Crippen LogP contribution in [-0.2, 0) is 4.79 Å². The molecule has 4 aromatic rings. The van der Waals surface area contributed by atoms with Gasteiger partial charge >= 0.3 is 5.63 Å². The Labute approximate surface area is 174 Å². The highest BCUT2D eigenvalue weighted by Gasteiger charge is 2.10. The summed E-state index contributed by atoms with van der Waals surface area (Å²) in [5.74, 6) is 0.602. The highest BCUT2D eigenvalue weighted by Crippen LogP contribution is 2.21. The summed E-state index contributed by atoms with van der Waals surface area (Å²) in [5.41, 5.74) is 1.18. The van der Waals surface area contributed by atoms with E-state index in [1.807, 2.05) is 31.2 Å². The van der Waals surface area contributed by atoms with Crippen LogP contribution in [0.4, 0.5) is 0 Å². The number of ether oxygens (including phenoxy) is 1. The molecule has 0 radical (unpaired) electrons. The fourth-order valence-corrected chi connectivity index (χ4v) is 3.43. The third-order valence-corrected chi connectivity index (χ3v) is 5.06. The van der Waals surface area contributed by atoms with Crippen LogP contribution in [0.2, 0.25) is 0 Å². The monoisotopic (exact) mass is 401 g/mol. The maximum absolute atomic E-state index is 12.3. The molecule has 0 spiro atoms. The van der Waals surface area contributed by atoms with E-state index >= 15 is 0 Å². The molecular weight excluding hydrogens is 378 g/mol. The van der Waals surface area contributed by atoms with Crippen LogP contribution in [0.3, 0.4) is 0 Å². The van der Waals surface area contributed by atoms with Crippen LogP contribution in [0.15, 0.2) is 82.0 Å². The number of hydrogen-bond acceptors (Lipinski definition) is 4. The first kappa shape index (κ1) is 19.7. The molecule has 0 aliphatic heterocycles. The van der Waals surface area contributed by atoms with Gasteiger partial charge in [0.1, 0.15) is 11.3 Å². The predicted octanol–water partition coefficient (Wildman–Crippen LogP) is 4.98. The Morgan fingerprint density at radius 1 is 0.967 bits per heavy atom. The normalized spacial score (nSPS) is 12.0. The van der Waals surface area contributed by atoms with Gasteiger partial charge in [0.05, 0.1) is 12.6 Å². The number of amides is 1. The highest BCUT2D eigenvalue weighted by atomic mass is 16.5. The lowest BCUT2D eigenvalue weighted by Gasteiger charge is -2.15. The zero-order valence-corrected chi connectivity index (χ0v) is 16.8. The van der Waals surface area contributed by atoms with Gasteiger partial charge in [0.15, 0.2) is 0 Å². The van der Waals surface area contributed by atoms with E-state index in [1.165, 1.54) is 11.5 Å². The molecule has 1 heterocycles. The lowest BCUT2D eigenvalue weighted by Crippen LogP contribution is -2.26. The first-order valence-electron chi connectivity index (χ1n) is 10.0. The molecule has 5 heteroatoms. The Hall–Kier alpha value is -3.60. The quantitative estimate of drug-likeness (QED) is 0.350. The van der Waals surface area contributed by atoms with Crippen molar-refractivity contribution in [3.8, 4) is 5.75 Å². The van der Waals surface area contributed by atoms with Crippen molar-refractivity contribution in [2.24, 2.45) is 0 Å². The van der Waals surface area contributed by atoms with Crippen molar-refractivity contribution in [2.75, 3.05) is 6.61 Å². The van der Waals surface area contributed by atoms with E-state index in [0.717, 1.165) is 16.3 Å². The van der Waals surface area contributed by atoms with Crippen molar-refractivity contribution in [3.63, 3.8) is 0 Å². The fourth-order valence-electron chi connectivity index (χ4n) is 3.43. The number of benzene rings is 3. The van der Waals surface area contributed by atoms with Crippen molar-refractivity contribution in [1.82, 2.24) is 5.32 Å². The van der Waals surface area contributed by atoms with Crippen molar-refractivity contribution >= 4 is 27.6 Å². The molecule has 5 nitrogen and oxygen atoms in total. The average Bonchev–Trinajstić information content (AvgIpc) is 2.76. The molecule has 1 aromatic heterocycles. The smallest absolute Gasteiger partial charge is 0.336 e. The van der Waals surface area contributed by atoms with Crippen LogP contribution in [0, 0.1) is 0 Å². The minimum Gasteiger partial charge on any atom is -0.493 e. The Bertz CT molecular complexity index is 1240.